The highest BCUT2D eigenvalue weighted by Gasteiger charge is 2.18. The van der Waals surface area contributed by atoms with Crippen LogP contribution in [0.1, 0.15) is 24.1 Å². The first kappa shape index (κ1) is 13.5. The van der Waals surface area contributed by atoms with Crippen LogP contribution in [-0.4, -0.2) is 9.55 Å². The zero-order valence-corrected chi connectivity index (χ0v) is 12.2. The molecule has 0 aliphatic carbocycles. The first-order valence-corrected chi connectivity index (χ1v) is 6.92. The van der Waals surface area contributed by atoms with Crippen molar-refractivity contribution in [2.24, 2.45) is 0 Å². The summed E-state index contributed by atoms with van der Waals surface area (Å²) in [5.41, 5.74) is 9.00. The standard InChI is InChI=1S/C16H13ClN4/c1-10(12-6-2-3-7-13(12)17)21-14-8-4-5-11(9-18)15(14)20-16(21)19/h2-8,10H,1H3,(H2,19,20). The van der Waals surface area contributed by atoms with E-state index in [9.17, 15) is 5.26 Å². The predicted octanol–water partition coefficient (Wildman–Crippen LogP) is 3.75. The van der Waals surface area contributed by atoms with Crippen LogP contribution in [0, 0.1) is 11.3 Å². The molecule has 0 radical (unpaired) electrons. The number of nitriles is 1. The predicted molar refractivity (Wildman–Crippen MR) is 84.1 cm³/mol. The van der Waals surface area contributed by atoms with E-state index in [2.05, 4.69) is 11.1 Å². The molecule has 0 bridgehead atoms. The average Bonchev–Trinajstić information content (AvgIpc) is 2.82. The normalized spacial score (nSPS) is 12.2. The van der Waals surface area contributed by atoms with Crippen molar-refractivity contribution in [1.82, 2.24) is 9.55 Å². The number of halogens is 1. The van der Waals surface area contributed by atoms with E-state index in [-0.39, 0.29) is 6.04 Å². The number of aromatic nitrogens is 2. The lowest BCUT2D eigenvalue weighted by molar-refractivity contribution is 0.668. The number of rotatable bonds is 2. The molecule has 5 heteroatoms. The van der Waals surface area contributed by atoms with E-state index in [1.807, 2.05) is 47.9 Å². The SMILES string of the molecule is CC(c1ccccc1Cl)n1c(N)nc2c(C#N)cccc21. The number of benzene rings is 2. The minimum atomic E-state index is -0.0716. The quantitative estimate of drug-likeness (QED) is 0.783. The summed E-state index contributed by atoms with van der Waals surface area (Å²) in [5.74, 6) is 0.375. The van der Waals surface area contributed by atoms with E-state index in [1.165, 1.54) is 0 Å². The Balaban J connectivity index is 2.24. The molecular formula is C16H13ClN4. The van der Waals surface area contributed by atoms with Crippen LogP contribution in [0.4, 0.5) is 5.95 Å². The molecule has 0 aliphatic heterocycles. The number of nitrogens with zero attached hydrogens (tertiary/aromatic N) is 3. The molecule has 1 unspecified atom stereocenters. The third-order valence-electron chi connectivity index (χ3n) is 3.61. The molecule has 0 aliphatic rings. The molecule has 104 valence electrons. The monoisotopic (exact) mass is 296 g/mol. The number of para-hydroxylation sites is 1. The Morgan fingerprint density at radius 2 is 2.00 bits per heavy atom. The summed E-state index contributed by atoms with van der Waals surface area (Å²) < 4.78 is 1.90. The van der Waals surface area contributed by atoms with Gasteiger partial charge in [-0.3, -0.25) is 0 Å². The lowest BCUT2D eigenvalue weighted by Gasteiger charge is -2.17. The molecule has 0 saturated carbocycles. The Kier molecular flexibility index (Phi) is 3.28. The van der Waals surface area contributed by atoms with Gasteiger partial charge in [0.25, 0.3) is 0 Å². The van der Waals surface area contributed by atoms with E-state index >= 15 is 0 Å². The summed E-state index contributed by atoms with van der Waals surface area (Å²) >= 11 is 6.27. The molecular weight excluding hydrogens is 284 g/mol. The maximum atomic E-state index is 9.17. The van der Waals surface area contributed by atoms with Crippen LogP contribution < -0.4 is 5.73 Å². The second-order valence-corrected chi connectivity index (χ2v) is 5.23. The number of nitrogen functional groups attached to an aromatic ring is 1. The number of imidazole rings is 1. The summed E-state index contributed by atoms with van der Waals surface area (Å²) in [6.45, 7) is 2.01. The van der Waals surface area contributed by atoms with E-state index < -0.39 is 0 Å². The van der Waals surface area contributed by atoms with Gasteiger partial charge in [-0.15, -0.1) is 0 Å². The maximum absolute atomic E-state index is 9.17. The van der Waals surface area contributed by atoms with Crippen LogP contribution in [0.2, 0.25) is 5.02 Å². The van der Waals surface area contributed by atoms with Gasteiger partial charge in [-0.05, 0) is 30.7 Å². The molecule has 1 aromatic heterocycles. The zero-order chi connectivity index (χ0) is 15.0. The Hall–Kier alpha value is -2.51. The molecule has 3 rings (SSSR count). The maximum Gasteiger partial charge on any atom is 0.201 e. The van der Waals surface area contributed by atoms with Gasteiger partial charge in [0.05, 0.1) is 17.1 Å². The van der Waals surface area contributed by atoms with Gasteiger partial charge in [-0.2, -0.15) is 5.26 Å². The number of hydrogen-bond acceptors (Lipinski definition) is 3. The molecule has 0 spiro atoms. The van der Waals surface area contributed by atoms with Gasteiger partial charge in [0, 0.05) is 5.02 Å². The minimum Gasteiger partial charge on any atom is -0.369 e. The lowest BCUT2D eigenvalue weighted by Crippen LogP contribution is -2.10. The van der Waals surface area contributed by atoms with E-state index in [0.717, 1.165) is 11.1 Å². The van der Waals surface area contributed by atoms with Gasteiger partial charge in [-0.1, -0.05) is 35.9 Å². The van der Waals surface area contributed by atoms with Gasteiger partial charge >= 0.3 is 0 Å². The molecule has 2 N–H and O–H groups in total. The van der Waals surface area contributed by atoms with Gasteiger partial charge in [0.1, 0.15) is 11.6 Å². The third-order valence-corrected chi connectivity index (χ3v) is 3.95. The van der Waals surface area contributed by atoms with Gasteiger partial charge < -0.3 is 10.3 Å². The van der Waals surface area contributed by atoms with Crippen molar-refractivity contribution in [3.8, 4) is 6.07 Å². The average molecular weight is 297 g/mol. The molecule has 0 amide bonds. The molecule has 4 nitrogen and oxygen atoms in total. The highest BCUT2D eigenvalue weighted by Crippen LogP contribution is 2.31. The topological polar surface area (TPSA) is 67.6 Å². The number of hydrogen-bond donors (Lipinski definition) is 1. The third kappa shape index (κ3) is 2.12. The largest absolute Gasteiger partial charge is 0.369 e. The van der Waals surface area contributed by atoms with Crippen LogP contribution >= 0.6 is 11.6 Å². The van der Waals surface area contributed by atoms with Crippen molar-refractivity contribution in [3.05, 3.63) is 58.6 Å². The van der Waals surface area contributed by atoms with Crippen LogP contribution in [-0.2, 0) is 0 Å². The fourth-order valence-electron chi connectivity index (χ4n) is 2.59. The summed E-state index contributed by atoms with van der Waals surface area (Å²) in [4.78, 5) is 4.34. The number of nitrogens with two attached hydrogens (primary N) is 1. The highest BCUT2D eigenvalue weighted by atomic mass is 35.5. The first-order chi connectivity index (χ1) is 10.1. The van der Waals surface area contributed by atoms with Gasteiger partial charge in [0.2, 0.25) is 5.95 Å². The van der Waals surface area contributed by atoms with Gasteiger partial charge in [-0.25, -0.2) is 4.98 Å². The number of fused-ring (bicyclic) bond motifs is 1. The molecule has 2 aromatic carbocycles. The van der Waals surface area contributed by atoms with Crippen molar-refractivity contribution in [2.75, 3.05) is 5.73 Å². The van der Waals surface area contributed by atoms with Crippen molar-refractivity contribution >= 4 is 28.6 Å². The second kappa shape index (κ2) is 5.12. The fraction of sp³-hybridized carbons (Fsp3) is 0.125. The van der Waals surface area contributed by atoms with Crippen molar-refractivity contribution in [3.63, 3.8) is 0 Å². The van der Waals surface area contributed by atoms with Crippen LogP contribution in [0.3, 0.4) is 0 Å². The van der Waals surface area contributed by atoms with Crippen LogP contribution in [0.5, 0.6) is 0 Å². The minimum absolute atomic E-state index is 0.0716. The summed E-state index contributed by atoms with van der Waals surface area (Å²) in [6, 6.07) is 15.2. The Morgan fingerprint density at radius 3 is 2.71 bits per heavy atom. The van der Waals surface area contributed by atoms with Crippen LogP contribution in [0.25, 0.3) is 11.0 Å². The smallest absolute Gasteiger partial charge is 0.201 e. The van der Waals surface area contributed by atoms with Crippen molar-refractivity contribution in [2.45, 2.75) is 13.0 Å². The molecule has 0 fully saturated rings. The molecule has 3 aromatic rings. The number of anilines is 1. The molecule has 1 heterocycles. The first-order valence-electron chi connectivity index (χ1n) is 6.54. The fourth-order valence-corrected chi connectivity index (χ4v) is 2.88. The van der Waals surface area contributed by atoms with Gasteiger partial charge in [0.15, 0.2) is 0 Å². The summed E-state index contributed by atoms with van der Waals surface area (Å²) in [6.07, 6.45) is 0. The second-order valence-electron chi connectivity index (χ2n) is 4.82. The lowest BCUT2D eigenvalue weighted by atomic mass is 10.1. The van der Waals surface area contributed by atoms with Crippen molar-refractivity contribution in [1.29, 1.82) is 5.26 Å². The Morgan fingerprint density at radius 1 is 1.24 bits per heavy atom. The van der Waals surface area contributed by atoms with Crippen LogP contribution in [0.15, 0.2) is 42.5 Å². The molecule has 0 saturated heterocycles. The highest BCUT2D eigenvalue weighted by molar-refractivity contribution is 6.31. The zero-order valence-electron chi connectivity index (χ0n) is 11.4. The van der Waals surface area contributed by atoms with E-state index in [4.69, 9.17) is 17.3 Å². The Bertz CT molecular complexity index is 860. The van der Waals surface area contributed by atoms with E-state index in [0.29, 0.717) is 22.1 Å². The molecule has 21 heavy (non-hydrogen) atoms. The summed E-state index contributed by atoms with van der Waals surface area (Å²) in [5, 5.41) is 9.86. The molecule has 1 atom stereocenters. The summed E-state index contributed by atoms with van der Waals surface area (Å²) in [7, 11) is 0. The van der Waals surface area contributed by atoms with Crippen molar-refractivity contribution < 1.29 is 0 Å². The van der Waals surface area contributed by atoms with E-state index in [1.54, 1.807) is 6.07 Å². The Labute approximate surface area is 127 Å².